The van der Waals surface area contributed by atoms with E-state index in [4.69, 9.17) is 15.0 Å². The van der Waals surface area contributed by atoms with Gasteiger partial charge in [0.15, 0.2) is 0 Å². The molecule has 10 heteroatoms. The van der Waals surface area contributed by atoms with Crippen LogP contribution in [-0.4, -0.2) is 32.4 Å². The molecule has 8 bridgehead atoms. The number of aliphatic carboxylic acids is 2. The molecule has 3 aromatic rings. The van der Waals surface area contributed by atoms with E-state index < -0.39 is 11.9 Å². The number of carboxylic acid groups (broad SMARTS) is 2. The molecule has 2 aliphatic rings. The number of H-pyrrole nitrogens is 1. The van der Waals surface area contributed by atoms with Gasteiger partial charge in [-0.3, -0.25) is 0 Å². The van der Waals surface area contributed by atoms with Crippen LogP contribution in [0.2, 0.25) is 0 Å². The molecule has 0 saturated carbocycles. The number of aromatic nitrogens is 4. The largest absolute Gasteiger partial charge is 4.00 e. The van der Waals surface area contributed by atoms with Gasteiger partial charge in [0.1, 0.15) is 0 Å². The average molecular weight is 634 g/mol. The number of carbonyl (C=O) groups excluding carboxylic acids is 2. The third-order valence-corrected chi connectivity index (χ3v) is 8.12. The first-order valence-electron chi connectivity index (χ1n) is 13.8. The van der Waals surface area contributed by atoms with E-state index in [0.29, 0.717) is 22.4 Å². The molecule has 0 spiro atoms. The van der Waals surface area contributed by atoms with Crippen molar-refractivity contribution in [1.82, 2.24) is 19.9 Å². The predicted octanol–water partition coefficient (Wildman–Crippen LogP) is 3.64. The summed E-state index contributed by atoms with van der Waals surface area (Å²) >= 11 is 0. The Hall–Kier alpha value is -4.50. The third kappa shape index (κ3) is 6.24. The number of aromatic amines is 1. The molecule has 226 valence electrons. The fraction of sp³-hybridized carbons (Fsp3) is 0.235. The molecule has 3 N–H and O–H groups in total. The van der Waals surface area contributed by atoms with Crippen molar-refractivity contribution in [3.05, 3.63) is 88.5 Å². The van der Waals surface area contributed by atoms with Gasteiger partial charge in [-0.2, -0.15) is 0 Å². The molecule has 0 unspecified atom stereocenters. The summed E-state index contributed by atoms with van der Waals surface area (Å²) < 4.78 is 0. The second-order valence-electron chi connectivity index (χ2n) is 10.6. The molecule has 0 aliphatic carbocycles. The normalized spacial score (nSPS) is 12.5. The Morgan fingerprint density at radius 2 is 1.39 bits per heavy atom. The maximum Gasteiger partial charge on any atom is 4.00 e. The molecule has 44 heavy (non-hydrogen) atoms. The number of carboxylic acids is 2. The molecule has 5 rings (SSSR count). The molecule has 0 amide bonds. The zero-order valence-electron chi connectivity index (χ0n) is 25.0. The van der Waals surface area contributed by atoms with Crippen molar-refractivity contribution in [2.45, 2.75) is 53.4 Å². The molecule has 5 heterocycles. The van der Waals surface area contributed by atoms with Gasteiger partial charge in [0, 0.05) is 34.1 Å². The first-order valence-corrected chi connectivity index (χ1v) is 13.8. The molecule has 0 fully saturated rings. The van der Waals surface area contributed by atoms with Crippen molar-refractivity contribution in [2.24, 2.45) is 0 Å². The molecular weight excluding hydrogens is 600 g/mol. The van der Waals surface area contributed by atoms with Gasteiger partial charge >= 0.3 is 17.1 Å². The summed E-state index contributed by atoms with van der Waals surface area (Å²) in [5.41, 5.74) is 12.7. The van der Waals surface area contributed by atoms with Crippen LogP contribution in [0.3, 0.4) is 0 Å². The number of rotatable bonds is 8. The van der Waals surface area contributed by atoms with Crippen LogP contribution in [0.25, 0.3) is 50.4 Å². The van der Waals surface area contributed by atoms with Crippen LogP contribution in [-0.2, 0) is 33.1 Å². The van der Waals surface area contributed by atoms with E-state index in [1.54, 1.807) is 12.2 Å². The number of hydrogen-bond acceptors (Lipinski definition) is 6. The van der Waals surface area contributed by atoms with E-state index in [1.807, 2.05) is 52.0 Å². The zero-order chi connectivity index (χ0) is 30.3. The first kappa shape index (κ1) is 34.0. The number of hydrogen-bond donors (Lipinski definition) is 1. The summed E-state index contributed by atoms with van der Waals surface area (Å²) in [4.78, 5) is 41.0. The molecule has 3 aromatic heterocycles. The summed E-state index contributed by atoms with van der Waals surface area (Å²) in [6, 6.07) is 7.65. The van der Waals surface area contributed by atoms with E-state index in [9.17, 15) is 19.8 Å². The smallest absolute Gasteiger partial charge is 0.657 e. The van der Waals surface area contributed by atoms with Gasteiger partial charge in [-0.15, -0.1) is 11.0 Å². The average Bonchev–Trinajstić information content (AvgIpc) is 3.59. The Morgan fingerprint density at radius 3 is 2.02 bits per heavy atom. The second kappa shape index (κ2) is 13.4. The Labute approximate surface area is 266 Å². The van der Waals surface area contributed by atoms with Gasteiger partial charge in [0.25, 0.3) is 0 Å². The van der Waals surface area contributed by atoms with Gasteiger partial charge in [0.05, 0.1) is 22.8 Å². The standard InChI is InChI=1S/C34H34N4O4.Fe.H2O/c1-7-21-17(3)25-13-26-19(5)23(9-11-33(39)40)31(37-26)16-32-24(10-12-34(41)42)20(6)28(38-32)15-30-22(8-2)18(4)27(36-30)14-29(21)35-25;;/h7-8,13-16H,1-2,9-12H2,3-6H3,(H4,35,36,37,38,39,40,41,42);;1H2/q;+4;/p-3. The molecule has 9 nitrogen and oxygen atoms in total. The van der Waals surface area contributed by atoms with E-state index in [-0.39, 0.29) is 48.2 Å². The second-order valence-corrected chi connectivity index (χ2v) is 10.6. The summed E-state index contributed by atoms with van der Waals surface area (Å²) in [6.45, 7) is 15.9. The van der Waals surface area contributed by atoms with Crippen LogP contribution in [0.1, 0.15) is 78.1 Å². The Bertz CT molecular complexity index is 1930. The zero-order valence-corrected chi connectivity index (χ0v) is 26.1. The fourth-order valence-electron chi connectivity index (χ4n) is 5.68. The van der Waals surface area contributed by atoms with Crippen LogP contribution in [0.5, 0.6) is 0 Å². The summed E-state index contributed by atoms with van der Waals surface area (Å²) in [5.74, 6) is -2.30. The molecule has 0 saturated heterocycles. The van der Waals surface area contributed by atoms with Crippen molar-refractivity contribution in [3.63, 3.8) is 0 Å². The number of nitrogens with one attached hydrogen (secondary N) is 1. The van der Waals surface area contributed by atoms with Gasteiger partial charge in [-0.1, -0.05) is 48.6 Å². The molecule has 2 aliphatic heterocycles. The topological polar surface area (TPSA) is 167 Å². The van der Waals surface area contributed by atoms with Crippen molar-refractivity contribution >= 4 is 62.4 Å². The van der Waals surface area contributed by atoms with Gasteiger partial charge < -0.3 is 35.2 Å². The fourth-order valence-corrected chi connectivity index (χ4v) is 5.68. The van der Waals surface area contributed by atoms with Crippen LogP contribution in [0.4, 0.5) is 0 Å². The maximum atomic E-state index is 11.4. The minimum atomic E-state index is -1.15. The Morgan fingerprint density at radius 1 is 0.795 bits per heavy atom. The van der Waals surface area contributed by atoms with Crippen LogP contribution >= 0.6 is 0 Å². The summed E-state index contributed by atoms with van der Waals surface area (Å²) in [7, 11) is 0. The predicted molar refractivity (Wildman–Crippen MR) is 166 cm³/mol. The van der Waals surface area contributed by atoms with E-state index in [2.05, 4.69) is 18.1 Å². The molecule has 0 atom stereocenters. The van der Waals surface area contributed by atoms with Crippen LogP contribution < -0.4 is 15.2 Å². The minimum Gasteiger partial charge on any atom is -0.657 e. The van der Waals surface area contributed by atoms with Crippen molar-refractivity contribution in [3.8, 4) is 0 Å². The number of nitrogens with zero attached hydrogens (tertiary/aromatic N) is 3. The Kier molecular flexibility index (Phi) is 10.4. The third-order valence-electron chi connectivity index (χ3n) is 8.12. The molecular formula is C34H33FeN4O5+. The van der Waals surface area contributed by atoms with E-state index >= 15 is 0 Å². The Balaban J connectivity index is 0.00000264. The van der Waals surface area contributed by atoms with Crippen LogP contribution in [0, 0.1) is 13.8 Å². The van der Waals surface area contributed by atoms with Crippen LogP contribution in [0.15, 0.2) is 43.5 Å². The quantitative estimate of drug-likeness (QED) is 0.370. The van der Waals surface area contributed by atoms with E-state index in [0.717, 1.165) is 67.0 Å². The monoisotopic (exact) mass is 633 g/mol. The molecule has 0 aromatic carbocycles. The van der Waals surface area contributed by atoms with Gasteiger partial charge in [0.2, 0.25) is 0 Å². The molecule has 0 radical (unpaired) electrons. The van der Waals surface area contributed by atoms with Gasteiger partial charge in [-0.25, -0.2) is 9.97 Å². The first-order chi connectivity index (χ1) is 20.0. The SMILES string of the molecule is C=CC1=C(C)c2cc3[n-]c(cc4nc(cc5[nH]c(cc1n2)c(C)c5C=C)C(C)=C4CCC(=O)[O-])c(CCC(=O)[O-])c3C.O.[Fe+4]. The van der Waals surface area contributed by atoms with Crippen molar-refractivity contribution < 1.29 is 42.3 Å². The van der Waals surface area contributed by atoms with Crippen molar-refractivity contribution in [1.29, 1.82) is 0 Å². The maximum absolute atomic E-state index is 11.4. The van der Waals surface area contributed by atoms with Gasteiger partial charge in [-0.05, 0) is 87.8 Å². The van der Waals surface area contributed by atoms with E-state index in [1.165, 1.54) is 0 Å². The summed E-state index contributed by atoms with van der Waals surface area (Å²) in [5, 5.41) is 22.8. The van der Waals surface area contributed by atoms with Crippen molar-refractivity contribution in [2.75, 3.05) is 0 Å². The number of carbonyl (C=O) groups is 2. The number of allylic oxidation sites excluding steroid dienone is 5. The minimum absolute atomic E-state index is 0. The number of fused-ring (bicyclic) bond motifs is 8. The number of aryl methyl sites for hydroxylation is 3. The summed E-state index contributed by atoms with van der Waals surface area (Å²) in [6.07, 6.45) is 3.72.